The lowest BCUT2D eigenvalue weighted by Crippen LogP contribution is -2.50. The zero-order valence-electron chi connectivity index (χ0n) is 11.8. The number of hydrogen-bond acceptors (Lipinski definition) is 3. The number of nitrogens with zero attached hydrogens (tertiary/aromatic N) is 1. The van der Waals surface area contributed by atoms with Crippen LogP contribution < -0.4 is 5.32 Å². The number of thiocarbonyl (C=S) groups is 1. The minimum atomic E-state index is -0.372. The first-order chi connectivity index (χ1) is 10.2. The van der Waals surface area contributed by atoms with Gasteiger partial charge in [-0.1, -0.05) is 12.1 Å². The fourth-order valence-corrected chi connectivity index (χ4v) is 2.98. The molecule has 0 saturated carbocycles. The van der Waals surface area contributed by atoms with E-state index >= 15 is 0 Å². The molecule has 0 amide bonds. The van der Waals surface area contributed by atoms with Gasteiger partial charge in [-0.3, -0.25) is 0 Å². The topological polar surface area (TPSA) is 33.7 Å². The van der Waals surface area contributed by atoms with Gasteiger partial charge in [0.05, 0.1) is 13.2 Å². The van der Waals surface area contributed by atoms with Crippen LogP contribution in [-0.2, 0) is 16.0 Å². The first kappa shape index (κ1) is 14.7. The highest BCUT2D eigenvalue weighted by Gasteiger charge is 2.40. The normalized spacial score (nSPS) is 20.7. The quantitative estimate of drug-likeness (QED) is 0.846. The van der Waals surface area contributed by atoms with Crippen LogP contribution in [0.2, 0.25) is 0 Å². The molecule has 2 aliphatic heterocycles. The average molecular weight is 310 g/mol. The third-order valence-corrected chi connectivity index (χ3v) is 4.39. The largest absolute Gasteiger partial charge is 0.358 e. The Bertz CT molecular complexity index is 493. The molecule has 0 atom stereocenters. The van der Waals surface area contributed by atoms with Crippen molar-refractivity contribution in [2.24, 2.45) is 0 Å². The van der Waals surface area contributed by atoms with Crippen molar-refractivity contribution in [3.8, 4) is 0 Å². The Labute approximate surface area is 129 Å². The number of rotatable bonds is 2. The molecule has 1 N–H and O–H groups in total. The van der Waals surface area contributed by atoms with Crippen LogP contribution in [0.15, 0.2) is 24.3 Å². The molecule has 0 unspecified atom stereocenters. The number of halogens is 1. The monoisotopic (exact) mass is 310 g/mol. The Kier molecular flexibility index (Phi) is 4.37. The molecule has 0 bridgehead atoms. The summed E-state index contributed by atoms with van der Waals surface area (Å²) in [7, 11) is 0. The van der Waals surface area contributed by atoms with E-state index in [4.69, 9.17) is 21.7 Å². The molecule has 0 radical (unpaired) electrons. The first-order valence-corrected chi connectivity index (χ1v) is 7.63. The summed E-state index contributed by atoms with van der Waals surface area (Å²) in [6, 6.07) is 6.44. The molecule has 2 heterocycles. The second-order valence-electron chi connectivity index (χ2n) is 5.38. The molecule has 21 heavy (non-hydrogen) atoms. The number of piperidine rings is 1. The van der Waals surface area contributed by atoms with Crippen LogP contribution in [0.3, 0.4) is 0 Å². The summed E-state index contributed by atoms with van der Waals surface area (Å²) >= 11 is 5.42. The van der Waals surface area contributed by atoms with E-state index < -0.39 is 0 Å². The summed E-state index contributed by atoms with van der Waals surface area (Å²) in [6.45, 7) is 3.64. The molecule has 0 aromatic heterocycles. The lowest BCUT2D eigenvalue weighted by Gasteiger charge is -2.38. The number of hydrogen-bond donors (Lipinski definition) is 1. The number of likely N-dealkylation sites (tertiary alicyclic amines) is 1. The lowest BCUT2D eigenvalue weighted by atomic mass is 10.0. The first-order valence-electron chi connectivity index (χ1n) is 7.22. The van der Waals surface area contributed by atoms with Crippen LogP contribution in [0.1, 0.15) is 18.4 Å². The summed E-state index contributed by atoms with van der Waals surface area (Å²) in [6.07, 6.45) is 1.68. The smallest absolute Gasteiger partial charge is 0.171 e. The van der Waals surface area contributed by atoms with E-state index in [1.54, 1.807) is 12.1 Å². The molecule has 6 heteroatoms. The highest BCUT2D eigenvalue weighted by Crippen LogP contribution is 2.31. The van der Waals surface area contributed by atoms with Gasteiger partial charge in [0.15, 0.2) is 10.9 Å². The molecule has 2 saturated heterocycles. The van der Waals surface area contributed by atoms with Crippen LogP contribution in [0, 0.1) is 5.82 Å². The Balaban J connectivity index is 1.47. The van der Waals surface area contributed by atoms with Crippen LogP contribution in [-0.4, -0.2) is 42.1 Å². The van der Waals surface area contributed by atoms with Gasteiger partial charge in [0.25, 0.3) is 0 Å². The summed E-state index contributed by atoms with van der Waals surface area (Å²) in [5.41, 5.74) is 1.01. The van der Waals surface area contributed by atoms with Crippen molar-refractivity contribution in [1.82, 2.24) is 10.2 Å². The number of nitrogens with one attached hydrogen (secondary N) is 1. The predicted octanol–water partition coefficient (Wildman–Crippen LogP) is 2.04. The zero-order chi connectivity index (χ0) is 14.7. The van der Waals surface area contributed by atoms with Crippen molar-refractivity contribution < 1.29 is 13.9 Å². The van der Waals surface area contributed by atoms with Gasteiger partial charge in [-0.15, -0.1) is 0 Å². The molecule has 2 aliphatic rings. The molecule has 1 aromatic rings. The van der Waals surface area contributed by atoms with E-state index in [0.717, 1.165) is 36.6 Å². The van der Waals surface area contributed by atoms with Crippen molar-refractivity contribution in [1.29, 1.82) is 0 Å². The van der Waals surface area contributed by atoms with Gasteiger partial charge >= 0.3 is 0 Å². The minimum Gasteiger partial charge on any atom is -0.358 e. The van der Waals surface area contributed by atoms with Crippen molar-refractivity contribution in [2.45, 2.75) is 25.2 Å². The summed E-state index contributed by atoms with van der Waals surface area (Å²) in [5, 5.41) is 3.95. The van der Waals surface area contributed by atoms with E-state index in [2.05, 4.69) is 10.2 Å². The molecule has 4 nitrogen and oxygen atoms in total. The van der Waals surface area contributed by atoms with E-state index in [9.17, 15) is 4.39 Å². The molecular formula is C15H19FN2O2S. The summed E-state index contributed by atoms with van der Waals surface area (Å²) in [4.78, 5) is 2.13. The van der Waals surface area contributed by atoms with Gasteiger partial charge in [0.1, 0.15) is 5.82 Å². The fraction of sp³-hybridized carbons (Fsp3) is 0.533. The molecule has 114 valence electrons. The summed E-state index contributed by atoms with van der Waals surface area (Å²) in [5.74, 6) is -0.595. The highest BCUT2D eigenvalue weighted by molar-refractivity contribution is 7.80. The van der Waals surface area contributed by atoms with Crippen molar-refractivity contribution >= 4 is 17.3 Å². The molecular weight excluding hydrogens is 291 g/mol. The maximum atomic E-state index is 12.8. The van der Waals surface area contributed by atoms with Crippen LogP contribution >= 0.6 is 12.2 Å². The average Bonchev–Trinajstić information content (AvgIpc) is 2.95. The van der Waals surface area contributed by atoms with Crippen LogP contribution in [0.4, 0.5) is 4.39 Å². The van der Waals surface area contributed by atoms with Crippen LogP contribution in [0.5, 0.6) is 0 Å². The maximum Gasteiger partial charge on any atom is 0.171 e. The van der Waals surface area contributed by atoms with Gasteiger partial charge < -0.3 is 19.7 Å². The third-order valence-electron chi connectivity index (χ3n) is 3.98. The third kappa shape index (κ3) is 3.51. The molecule has 1 spiro atoms. The van der Waals surface area contributed by atoms with Gasteiger partial charge in [-0.2, -0.15) is 0 Å². The fourth-order valence-electron chi connectivity index (χ4n) is 2.73. The van der Waals surface area contributed by atoms with Gasteiger partial charge in [-0.05, 0) is 29.9 Å². The standard InChI is InChI=1S/C15H19FN2O2S/c16-13-3-1-12(2-4-13)11-17-14(21)18-7-5-15(6-8-18)19-9-10-20-15/h1-4H,5-11H2,(H,17,21). The maximum absolute atomic E-state index is 12.8. The second kappa shape index (κ2) is 6.25. The molecule has 1 aromatic carbocycles. The van der Waals surface area contributed by atoms with Gasteiger partial charge in [-0.25, -0.2) is 4.39 Å². The van der Waals surface area contributed by atoms with Gasteiger partial charge in [0.2, 0.25) is 0 Å². The highest BCUT2D eigenvalue weighted by atomic mass is 32.1. The zero-order valence-corrected chi connectivity index (χ0v) is 12.6. The van der Waals surface area contributed by atoms with E-state index in [0.29, 0.717) is 19.8 Å². The Hall–Kier alpha value is -1.24. The number of benzene rings is 1. The number of ether oxygens (including phenoxy) is 2. The predicted molar refractivity (Wildman–Crippen MR) is 81.3 cm³/mol. The molecule has 2 fully saturated rings. The van der Waals surface area contributed by atoms with E-state index in [1.165, 1.54) is 12.1 Å². The Morgan fingerprint density at radius 1 is 1.19 bits per heavy atom. The lowest BCUT2D eigenvalue weighted by molar-refractivity contribution is -0.180. The Morgan fingerprint density at radius 2 is 1.81 bits per heavy atom. The van der Waals surface area contributed by atoms with Crippen molar-refractivity contribution in [2.75, 3.05) is 26.3 Å². The minimum absolute atomic E-state index is 0.223. The van der Waals surface area contributed by atoms with Crippen LogP contribution in [0.25, 0.3) is 0 Å². The molecule has 0 aliphatic carbocycles. The summed E-state index contributed by atoms with van der Waals surface area (Å²) < 4.78 is 24.2. The van der Waals surface area contributed by atoms with E-state index in [-0.39, 0.29) is 11.6 Å². The van der Waals surface area contributed by atoms with Crippen molar-refractivity contribution in [3.63, 3.8) is 0 Å². The van der Waals surface area contributed by atoms with E-state index in [1.807, 2.05) is 0 Å². The Morgan fingerprint density at radius 3 is 2.43 bits per heavy atom. The SMILES string of the molecule is Fc1ccc(CNC(=S)N2CCC3(CC2)OCCO3)cc1. The van der Waals surface area contributed by atoms with Crippen molar-refractivity contribution in [3.05, 3.63) is 35.6 Å². The second-order valence-corrected chi connectivity index (χ2v) is 5.77. The van der Waals surface area contributed by atoms with Gasteiger partial charge in [0, 0.05) is 32.5 Å². The molecule has 3 rings (SSSR count).